The Morgan fingerprint density at radius 2 is 2.18 bits per heavy atom. The molecule has 146 valence electrons. The van der Waals surface area contributed by atoms with E-state index in [0.29, 0.717) is 24.2 Å². The third kappa shape index (κ3) is 4.04. The second-order valence-corrected chi connectivity index (χ2v) is 7.94. The predicted molar refractivity (Wildman–Crippen MR) is 108 cm³/mol. The van der Waals surface area contributed by atoms with Crippen LogP contribution in [-0.4, -0.2) is 45.4 Å². The zero-order valence-electron chi connectivity index (χ0n) is 16.4. The maximum absolute atomic E-state index is 11.1. The van der Waals surface area contributed by atoms with Crippen molar-refractivity contribution >= 4 is 0 Å². The van der Waals surface area contributed by atoms with E-state index in [0.717, 1.165) is 56.3 Å². The van der Waals surface area contributed by atoms with Gasteiger partial charge in [0, 0.05) is 24.4 Å². The van der Waals surface area contributed by atoms with E-state index in [1.807, 2.05) is 13.0 Å². The van der Waals surface area contributed by atoms with Crippen LogP contribution in [0.2, 0.25) is 0 Å². The number of aliphatic hydroxyl groups is 1. The van der Waals surface area contributed by atoms with E-state index in [-0.39, 0.29) is 0 Å². The van der Waals surface area contributed by atoms with Gasteiger partial charge in [0.25, 0.3) is 0 Å². The number of allylic oxidation sites excluding steroid dienone is 1. The first-order valence-corrected chi connectivity index (χ1v) is 10.1. The molecule has 1 aromatic heterocycles. The van der Waals surface area contributed by atoms with Crippen LogP contribution in [0.3, 0.4) is 0 Å². The van der Waals surface area contributed by atoms with E-state index in [9.17, 15) is 5.11 Å². The standard InChI is InChI=1S/C23H27N3O2/c1-3-4-20-15-18(6-8-22-24-17(2)25-28-22)5-7-19(20)9-12-23(27)16-26-13-10-21(23)11-14-26/h3,5,7,15,21,27H,1,4,6,8,10-11,13-14,16H2,2H3. The van der Waals surface area contributed by atoms with Crippen molar-refractivity contribution in [1.82, 2.24) is 15.0 Å². The van der Waals surface area contributed by atoms with Gasteiger partial charge in [-0.2, -0.15) is 4.98 Å². The summed E-state index contributed by atoms with van der Waals surface area (Å²) in [4.78, 5) is 6.58. The molecule has 0 amide bonds. The van der Waals surface area contributed by atoms with E-state index in [4.69, 9.17) is 4.52 Å². The molecule has 3 saturated heterocycles. The van der Waals surface area contributed by atoms with Gasteiger partial charge in [0.05, 0.1) is 0 Å². The van der Waals surface area contributed by atoms with Crippen LogP contribution in [0.4, 0.5) is 0 Å². The zero-order chi connectivity index (χ0) is 19.6. The third-order valence-corrected chi connectivity index (χ3v) is 5.87. The van der Waals surface area contributed by atoms with E-state index >= 15 is 0 Å². The maximum Gasteiger partial charge on any atom is 0.226 e. The van der Waals surface area contributed by atoms with Gasteiger partial charge in [-0.25, -0.2) is 0 Å². The minimum atomic E-state index is -0.879. The smallest absolute Gasteiger partial charge is 0.226 e. The van der Waals surface area contributed by atoms with Crippen molar-refractivity contribution < 1.29 is 9.63 Å². The molecule has 0 saturated carbocycles. The van der Waals surface area contributed by atoms with Gasteiger partial charge in [0.15, 0.2) is 5.82 Å². The van der Waals surface area contributed by atoms with Crippen molar-refractivity contribution in [3.05, 3.63) is 59.3 Å². The van der Waals surface area contributed by atoms with Gasteiger partial charge < -0.3 is 9.63 Å². The summed E-state index contributed by atoms with van der Waals surface area (Å²) in [5.74, 6) is 8.13. The van der Waals surface area contributed by atoms with Crippen molar-refractivity contribution in [1.29, 1.82) is 0 Å². The fourth-order valence-corrected chi connectivity index (χ4v) is 4.30. The lowest BCUT2D eigenvalue weighted by Crippen LogP contribution is -2.58. The average Bonchev–Trinajstić information content (AvgIpc) is 3.12. The number of benzene rings is 1. The molecule has 0 radical (unpaired) electrons. The van der Waals surface area contributed by atoms with Crippen LogP contribution in [0.5, 0.6) is 0 Å². The number of fused-ring (bicyclic) bond motifs is 3. The summed E-state index contributed by atoms with van der Waals surface area (Å²) in [6.45, 7) is 8.55. The van der Waals surface area contributed by atoms with Crippen LogP contribution in [0.15, 0.2) is 35.4 Å². The zero-order valence-corrected chi connectivity index (χ0v) is 16.4. The monoisotopic (exact) mass is 377 g/mol. The molecule has 5 rings (SSSR count). The molecular formula is C23H27N3O2. The molecule has 2 bridgehead atoms. The lowest BCUT2D eigenvalue weighted by molar-refractivity contribution is -0.0713. The van der Waals surface area contributed by atoms with Gasteiger partial charge in [-0.15, -0.1) is 6.58 Å². The summed E-state index contributed by atoms with van der Waals surface area (Å²) in [6.07, 6.45) is 6.29. The van der Waals surface area contributed by atoms with Gasteiger partial charge in [0.2, 0.25) is 5.89 Å². The van der Waals surface area contributed by atoms with Gasteiger partial charge in [-0.1, -0.05) is 35.2 Å². The Morgan fingerprint density at radius 1 is 1.36 bits per heavy atom. The number of hydrogen-bond donors (Lipinski definition) is 1. The second kappa shape index (κ2) is 7.90. The topological polar surface area (TPSA) is 62.4 Å². The molecule has 5 heteroatoms. The van der Waals surface area contributed by atoms with Crippen molar-refractivity contribution in [2.75, 3.05) is 19.6 Å². The Balaban J connectivity index is 1.52. The first kappa shape index (κ1) is 18.9. The summed E-state index contributed by atoms with van der Waals surface area (Å²) < 4.78 is 5.20. The Bertz CT molecular complexity index is 915. The van der Waals surface area contributed by atoms with E-state index in [1.54, 1.807) is 0 Å². The van der Waals surface area contributed by atoms with Crippen LogP contribution >= 0.6 is 0 Å². The highest BCUT2D eigenvalue weighted by molar-refractivity contribution is 5.46. The highest BCUT2D eigenvalue weighted by atomic mass is 16.5. The number of hydrogen-bond acceptors (Lipinski definition) is 5. The van der Waals surface area contributed by atoms with Crippen molar-refractivity contribution in [3.8, 4) is 11.8 Å². The molecule has 1 aromatic carbocycles. The number of nitrogens with zero attached hydrogens (tertiary/aromatic N) is 3. The Hall–Kier alpha value is -2.42. The second-order valence-electron chi connectivity index (χ2n) is 7.94. The van der Waals surface area contributed by atoms with Gasteiger partial charge in [-0.05, 0) is 62.9 Å². The molecule has 1 N–H and O–H groups in total. The molecule has 1 unspecified atom stereocenters. The Morgan fingerprint density at radius 3 is 2.82 bits per heavy atom. The molecule has 0 spiro atoms. The molecule has 4 heterocycles. The SMILES string of the molecule is C=CCc1cc(CCc2nc(C)no2)ccc1C#CC1(O)CN2CCC1CC2. The van der Waals surface area contributed by atoms with E-state index < -0.39 is 5.60 Å². The van der Waals surface area contributed by atoms with Crippen LogP contribution in [-0.2, 0) is 19.3 Å². The highest BCUT2D eigenvalue weighted by Crippen LogP contribution is 2.35. The van der Waals surface area contributed by atoms with Crippen LogP contribution in [0, 0.1) is 24.7 Å². The van der Waals surface area contributed by atoms with Crippen LogP contribution in [0.25, 0.3) is 0 Å². The molecule has 28 heavy (non-hydrogen) atoms. The van der Waals surface area contributed by atoms with Gasteiger partial charge in [0.1, 0.15) is 5.60 Å². The fourth-order valence-electron chi connectivity index (χ4n) is 4.30. The number of aromatic nitrogens is 2. The summed E-state index contributed by atoms with van der Waals surface area (Å²) in [6, 6.07) is 6.33. The van der Waals surface area contributed by atoms with Crippen molar-refractivity contribution in [2.24, 2.45) is 5.92 Å². The Kier molecular flexibility index (Phi) is 5.34. The normalized spacial score (nSPS) is 25.9. The molecule has 3 fully saturated rings. The van der Waals surface area contributed by atoms with Gasteiger partial charge >= 0.3 is 0 Å². The summed E-state index contributed by atoms with van der Waals surface area (Å²) in [7, 11) is 0. The molecule has 5 nitrogen and oxygen atoms in total. The Labute approximate surface area is 166 Å². The largest absolute Gasteiger partial charge is 0.376 e. The fraction of sp³-hybridized carbons (Fsp3) is 0.478. The summed E-state index contributed by atoms with van der Waals surface area (Å²) in [5, 5.41) is 14.9. The van der Waals surface area contributed by atoms with Crippen LogP contribution in [0.1, 0.15) is 41.2 Å². The molecule has 0 aliphatic carbocycles. The minimum Gasteiger partial charge on any atom is -0.376 e. The van der Waals surface area contributed by atoms with E-state index in [1.165, 1.54) is 5.56 Å². The molecule has 2 aromatic rings. The highest BCUT2D eigenvalue weighted by Gasteiger charge is 2.44. The third-order valence-electron chi connectivity index (χ3n) is 5.87. The molecular weight excluding hydrogens is 350 g/mol. The summed E-state index contributed by atoms with van der Waals surface area (Å²) in [5.41, 5.74) is 2.45. The average molecular weight is 377 g/mol. The molecule has 1 atom stereocenters. The minimum absolute atomic E-state index is 0.296. The van der Waals surface area contributed by atoms with E-state index in [2.05, 4.69) is 51.7 Å². The van der Waals surface area contributed by atoms with Crippen molar-refractivity contribution in [3.63, 3.8) is 0 Å². The number of rotatable bonds is 5. The van der Waals surface area contributed by atoms with Gasteiger partial charge in [-0.3, -0.25) is 4.90 Å². The summed E-state index contributed by atoms with van der Waals surface area (Å²) >= 11 is 0. The van der Waals surface area contributed by atoms with Crippen molar-refractivity contribution in [2.45, 2.75) is 44.6 Å². The number of piperidine rings is 3. The quantitative estimate of drug-likeness (QED) is 0.641. The molecule has 3 aliphatic heterocycles. The van der Waals surface area contributed by atoms with Crippen LogP contribution < -0.4 is 0 Å². The maximum atomic E-state index is 11.1. The molecule has 3 aliphatic rings. The first-order valence-electron chi connectivity index (χ1n) is 10.1. The predicted octanol–water partition coefficient (Wildman–Crippen LogP) is 2.70. The number of aryl methyl sites for hydroxylation is 3. The lowest BCUT2D eigenvalue weighted by atomic mass is 9.75. The lowest BCUT2D eigenvalue weighted by Gasteiger charge is -2.47. The first-order chi connectivity index (χ1) is 13.6.